The lowest BCUT2D eigenvalue weighted by Crippen LogP contribution is -2.35. The molecule has 18 heavy (non-hydrogen) atoms. The number of piperidine rings is 1. The van der Waals surface area contributed by atoms with E-state index >= 15 is 0 Å². The lowest BCUT2D eigenvalue weighted by molar-refractivity contribution is 0.216. The van der Waals surface area contributed by atoms with Crippen molar-refractivity contribution in [2.75, 3.05) is 32.4 Å². The molecule has 0 aliphatic carbocycles. The van der Waals surface area contributed by atoms with Crippen LogP contribution in [0.15, 0.2) is 0 Å². The Morgan fingerprint density at radius 3 is 2.39 bits per heavy atom. The Hall–Kier alpha value is 0.270. The molecule has 1 aliphatic rings. The predicted molar refractivity (Wildman–Crippen MR) is 84.2 cm³/mol. The summed E-state index contributed by atoms with van der Waals surface area (Å²) in [5.74, 6) is 1.62. The third kappa shape index (κ3) is 5.94. The van der Waals surface area contributed by atoms with Crippen molar-refractivity contribution in [3.05, 3.63) is 0 Å². The fourth-order valence-electron chi connectivity index (χ4n) is 2.97. The average Bonchev–Trinajstić information content (AvgIpc) is 2.38. The highest BCUT2D eigenvalue weighted by Gasteiger charge is 2.18. The Kier molecular flexibility index (Phi) is 8.36. The van der Waals surface area contributed by atoms with Gasteiger partial charge in [0.25, 0.3) is 0 Å². The van der Waals surface area contributed by atoms with Crippen LogP contribution in [0.3, 0.4) is 0 Å². The van der Waals surface area contributed by atoms with Crippen LogP contribution in [-0.2, 0) is 0 Å². The number of rotatable bonds is 8. The van der Waals surface area contributed by atoms with Gasteiger partial charge >= 0.3 is 0 Å². The fraction of sp³-hybridized carbons (Fsp3) is 1.00. The molecule has 1 rings (SSSR count). The van der Waals surface area contributed by atoms with Crippen LogP contribution in [0, 0.1) is 11.8 Å². The Labute approximate surface area is 118 Å². The van der Waals surface area contributed by atoms with Gasteiger partial charge in [-0.15, -0.1) is 0 Å². The van der Waals surface area contributed by atoms with Crippen LogP contribution in [0.2, 0.25) is 0 Å². The number of nitrogens with two attached hydrogens (primary N) is 1. The summed E-state index contributed by atoms with van der Waals surface area (Å²) < 4.78 is 0. The van der Waals surface area contributed by atoms with E-state index in [-0.39, 0.29) is 0 Å². The summed E-state index contributed by atoms with van der Waals surface area (Å²) in [7, 11) is 0. The summed E-state index contributed by atoms with van der Waals surface area (Å²) in [5.41, 5.74) is 5.70. The predicted octanol–water partition coefficient (Wildman–Crippen LogP) is 3.22. The van der Waals surface area contributed by atoms with Crippen molar-refractivity contribution in [1.29, 1.82) is 0 Å². The van der Waals surface area contributed by atoms with Crippen molar-refractivity contribution in [3.63, 3.8) is 0 Å². The maximum absolute atomic E-state index is 5.70. The van der Waals surface area contributed by atoms with Crippen LogP contribution in [0.1, 0.15) is 46.0 Å². The summed E-state index contributed by atoms with van der Waals surface area (Å²) in [6.45, 7) is 9.45. The first-order valence-electron chi connectivity index (χ1n) is 7.62. The van der Waals surface area contributed by atoms with E-state index in [2.05, 4.69) is 25.0 Å². The van der Waals surface area contributed by atoms with E-state index in [9.17, 15) is 0 Å². The lowest BCUT2D eigenvalue weighted by atomic mass is 9.88. The van der Waals surface area contributed by atoms with E-state index in [0.717, 1.165) is 23.6 Å². The highest BCUT2D eigenvalue weighted by molar-refractivity contribution is 7.99. The van der Waals surface area contributed by atoms with Crippen molar-refractivity contribution in [3.8, 4) is 0 Å². The molecule has 1 atom stereocenters. The summed E-state index contributed by atoms with van der Waals surface area (Å²) in [4.78, 5) is 2.66. The summed E-state index contributed by atoms with van der Waals surface area (Å²) in [6.07, 6.45) is 8.94. The maximum Gasteiger partial charge on any atom is 0.00685 e. The first-order valence-corrected chi connectivity index (χ1v) is 8.91. The molecular formula is C15H32N2S. The molecule has 1 saturated heterocycles. The Bertz CT molecular complexity index is 201. The number of hydrogen-bond donors (Lipinski definition) is 1. The molecule has 1 heterocycles. The standard InChI is InChI=1S/C15H32N2S/c1-13(2)14(6-9-16)5-4-10-17-11-7-15(18-3)8-12-17/h13-15H,4-12,16H2,1-3H3. The van der Waals surface area contributed by atoms with E-state index in [1.807, 2.05) is 11.8 Å². The number of thioether (sulfide) groups is 1. The lowest BCUT2D eigenvalue weighted by Gasteiger charge is -2.31. The van der Waals surface area contributed by atoms with Gasteiger partial charge in [-0.05, 0) is 76.4 Å². The Balaban J connectivity index is 2.13. The largest absolute Gasteiger partial charge is 0.330 e. The first-order chi connectivity index (χ1) is 8.67. The molecule has 0 bridgehead atoms. The number of likely N-dealkylation sites (tertiary alicyclic amines) is 1. The van der Waals surface area contributed by atoms with Crippen molar-refractivity contribution in [2.24, 2.45) is 17.6 Å². The second-order valence-corrected chi connectivity index (χ2v) is 7.14. The Morgan fingerprint density at radius 1 is 1.22 bits per heavy atom. The molecule has 2 N–H and O–H groups in total. The molecule has 0 amide bonds. The molecule has 3 heteroatoms. The van der Waals surface area contributed by atoms with Crippen molar-refractivity contribution < 1.29 is 0 Å². The molecule has 0 radical (unpaired) electrons. The summed E-state index contributed by atoms with van der Waals surface area (Å²) in [6, 6.07) is 0. The third-order valence-electron chi connectivity index (χ3n) is 4.40. The molecule has 108 valence electrons. The van der Waals surface area contributed by atoms with Gasteiger partial charge in [-0.1, -0.05) is 13.8 Å². The van der Waals surface area contributed by atoms with Gasteiger partial charge in [-0.25, -0.2) is 0 Å². The van der Waals surface area contributed by atoms with E-state index in [0.29, 0.717) is 0 Å². The zero-order chi connectivity index (χ0) is 13.4. The normalized spacial score (nSPS) is 20.5. The minimum absolute atomic E-state index is 0.788. The van der Waals surface area contributed by atoms with Crippen LogP contribution in [-0.4, -0.2) is 42.6 Å². The second-order valence-electron chi connectivity index (χ2n) is 6.00. The van der Waals surface area contributed by atoms with Gasteiger partial charge in [-0.3, -0.25) is 0 Å². The van der Waals surface area contributed by atoms with Gasteiger partial charge < -0.3 is 10.6 Å². The van der Waals surface area contributed by atoms with Gasteiger partial charge in [0.1, 0.15) is 0 Å². The van der Waals surface area contributed by atoms with Gasteiger partial charge in [0.05, 0.1) is 0 Å². The van der Waals surface area contributed by atoms with Crippen molar-refractivity contribution in [2.45, 2.75) is 51.2 Å². The van der Waals surface area contributed by atoms with Crippen LogP contribution in [0.25, 0.3) is 0 Å². The molecule has 1 fully saturated rings. The quantitative estimate of drug-likeness (QED) is 0.735. The van der Waals surface area contributed by atoms with Crippen LogP contribution in [0.5, 0.6) is 0 Å². The van der Waals surface area contributed by atoms with E-state index in [1.165, 1.54) is 51.7 Å². The SMILES string of the molecule is CSC1CCN(CCCC(CCN)C(C)C)CC1. The molecule has 0 aromatic rings. The Morgan fingerprint density at radius 2 is 1.89 bits per heavy atom. The molecule has 2 nitrogen and oxygen atoms in total. The summed E-state index contributed by atoms with van der Waals surface area (Å²) in [5, 5.41) is 0.918. The van der Waals surface area contributed by atoms with Gasteiger partial charge in [-0.2, -0.15) is 11.8 Å². The molecule has 0 aromatic carbocycles. The minimum Gasteiger partial charge on any atom is -0.330 e. The number of hydrogen-bond acceptors (Lipinski definition) is 3. The summed E-state index contributed by atoms with van der Waals surface area (Å²) >= 11 is 2.05. The van der Waals surface area contributed by atoms with Gasteiger partial charge in [0.2, 0.25) is 0 Å². The maximum atomic E-state index is 5.70. The highest BCUT2D eigenvalue weighted by atomic mass is 32.2. The van der Waals surface area contributed by atoms with Gasteiger partial charge in [0, 0.05) is 5.25 Å². The van der Waals surface area contributed by atoms with E-state index in [1.54, 1.807) is 0 Å². The minimum atomic E-state index is 0.788. The van der Waals surface area contributed by atoms with Crippen LogP contribution in [0.4, 0.5) is 0 Å². The first kappa shape index (κ1) is 16.3. The second kappa shape index (κ2) is 9.22. The van der Waals surface area contributed by atoms with Crippen molar-refractivity contribution >= 4 is 11.8 Å². The van der Waals surface area contributed by atoms with Crippen LogP contribution < -0.4 is 5.73 Å². The van der Waals surface area contributed by atoms with Gasteiger partial charge in [0.15, 0.2) is 0 Å². The van der Waals surface area contributed by atoms with E-state index < -0.39 is 0 Å². The number of nitrogens with zero attached hydrogens (tertiary/aromatic N) is 1. The van der Waals surface area contributed by atoms with E-state index in [4.69, 9.17) is 5.73 Å². The molecule has 0 saturated carbocycles. The third-order valence-corrected chi connectivity index (χ3v) is 5.54. The van der Waals surface area contributed by atoms with Crippen LogP contribution >= 0.6 is 11.8 Å². The molecule has 0 aromatic heterocycles. The molecular weight excluding hydrogens is 240 g/mol. The topological polar surface area (TPSA) is 29.3 Å². The average molecular weight is 273 g/mol. The fourth-order valence-corrected chi connectivity index (χ4v) is 3.65. The zero-order valence-electron chi connectivity index (χ0n) is 12.5. The molecule has 1 aliphatic heterocycles. The highest BCUT2D eigenvalue weighted by Crippen LogP contribution is 2.23. The molecule has 1 unspecified atom stereocenters. The zero-order valence-corrected chi connectivity index (χ0v) is 13.3. The smallest absolute Gasteiger partial charge is 0.00685 e. The monoisotopic (exact) mass is 272 g/mol. The molecule has 0 spiro atoms. The van der Waals surface area contributed by atoms with Crippen molar-refractivity contribution in [1.82, 2.24) is 4.90 Å².